The molecule has 2 rings (SSSR count). The number of ether oxygens (including phenoxy) is 1. The summed E-state index contributed by atoms with van der Waals surface area (Å²) in [5, 5.41) is 12.3. The van der Waals surface area contributed by atoms with Gasteiger partial charge >= 0.3 is 5.97 Å². The summed E-state index contributed by atoms with van der Waals surface area (Å²) in [6.07, 6.45) is 1.62. The second-order valence-electron chi connectivity index (χ2n) is 5.80. The lowest BCUT2D eigenvalue weighted by Crippen LogP contribution is -2.32. The highest BCUT2D eigenvalue weighted by atomic mass is 32.2. The van der Waals surface area contributed by atoms with Crippen molar-refractivity contribution in [2.24, 2.45) is 0 Å². The highest BCUT2D eigenvalue weighted by molar-refractivity contribution is 7.89. The Morgan fingerprint density at radius 1 is 1.43 bits per heavy atom. The minimum Gasteiger partial charge on any atom is -0.478 e. The van der Waals surface area contributed by atoms with Crippen LogP contribution in [-0.4, -0.2) is 44.8 Å². The third-order valence-corrected chi connectivity index (χ3v) is 4.92. The Hall–Kier alpha value is -1.64. The number of anilines is 1. The lowest BCUT2D eigenvalue weighted by molar-refractivity contribution is 0.0697. The topological polar surface area (TPSA) is 105 Å². The van der Waals surface area contributed by atoms with E-state index < -0.39 is 16.0 Å². The van der Waals surface area contributed by atoms with Crippen LogP contribution in [0.25, 0.3) is 0 Å². The van der Waals surface area contributed by atoms with Crippen LogP contribution in [0.5, 0.6) is 0 Å². The van der Waals surface area contributed by atoms with Gasteiger partial charge in [0.05, 0.1) is 16.6 Å². The molecule has 1 fully saturated rings. The maximum atomic E-state index is 12.3. The van der Waals surface area contributed by atoms with Crippen molar-refractivity contribution in [3.63, 3.8) is 0 Å². The number of rotatable bonds is 7. The van der Waals surface area contributed by atoms with Crippen LogP contribution in [0.4, 0.5) is 5.69 Å². The second-order valence-corrected chi connectivity index (χ2v) is 7.57. The average molecular weight is 342 g/mol. The Morgan fingerprint density at radius 2 is 2.17 bits per heavy atom. The smallest absolute Gasteiger partial charge is 0.337 e. The molecule has 1 aliphatic rings. The van der Waals surface area contributed by atoms with Crippen LogP contribution in [0.15, 0.2) is 23.1 Å². The molecule has 0 saturated carbocycles. The molecule has 0 amide bonds. The molecule has 1 atom stereocenters. The molecule has 1 aromatic carbocycles. The zero-order chi connectivity index (χ0) is 17.0. The van der Waals surface area contributed by atoms with Crippen molar-refractivity contribution >= 4 is 21.7 Å². The summed E-state index contributed by atoms with van der Waals surface area (Å²) in [6.45, 7) is 4.58. The summed E-state index contributed by atoms with van der Waals surface area (Å²) in [5.74, 6) is -1.18. The Balaban J connectivity index is 2.20. The average Bonchev–Trinajstić information content (AvgIpc) is 2.98. The largest absolute Gasteiger partial charge is 0.478 e. The van der Waals surface area contributed by atoms with Crippen LogP contribution >= 0.6 is 0 Å². The quantitative estimate of drug-likeness (QED) is 0.696. The zero-order valence-electron chi connectivity index (χ0n) is 13.2. The first kappa shape index (κ1) is 17.7. The summed E-state index contributed by atoms with van der Waals surface area (Å²) in [4.78, 5) is 11.3. The standard InChI is InChI=1S/C15H22N2O5S/c1-10(2)17-14-6-5-12(8-13(14)15(18)19)23(20,21)16-9-11-4-3-7-22-11/h5-6,8,10-11,16-17H,3-4,7,9H2,1-2H3,(H,18,19)/t11-/m0/s1. The van der Waals surface area contributed by atoms with Crippen molar-refractivity contribution < 1.29 is 23.1 Å². The van der Waals surface area contributed by atoms with Crippen molar-refractivity contribution in [2.75, 3.05) is 18.5 Å². The number of sulfonamides is 1. The number of aromatic carboxylic acids is 1. The van der Waals surface area contributed by atoms with Crippen LogP contribution in [0.3, 0.4) is 0 Å². The molecule has 1 saturated heterocycles. The highest BCUT2D eigenvalue weighted by Gasteiger charge is 2.22. The monoisotopic (exact) mass is 342 g/mol. The van der Waals surface area contributed by atoms with E-state index in [4.69, 9.17) is 4.74 Å². The molecular weight excluding hydrogens is 320 g/mol. The fourth-order valence-corrected chi connectivity index (χ4v) is 3.49. The lowest BCUT2D eigenvalue weighted by atomic mass is 10.1. The number of hydrogen-bond donors (Lipinski definition) is 3. The van der Waals surface area contributed by atoms with Gasteiger partial charge in [-0.05, 0) is 44.9 Å². The molecule has 0 aliphatic carbocycles. The van der Waals surface area contributed by atoms with Gasteiger partial charge in [0.25, 0.3) is 0 Å². The van der Waals surface area contributed by atoms with Gasteiger partial charge in [0.15, 0.2) is 0 Å². The number of benzene rings is 1. The maximum Gasteiger partial charge on any atom is 0.337 e. The van der Waals surface area contributed by atoms with E-state index >= 15 is 0 Å². The van der Waals surface area contributed by atoms with Gasteiger partial charge in [-0.2, -0.15) is 0 Å². The van der Waals surface area contributed by atoms with Crippen LogP contribution in [0, 0.1) is 0 Å². The molecular formula is C15H22N2O5S. The van der Waals surface area contributed by atoms with Gasteiger partial charge in [-0.15, -0.1) is 0 Å². The van der Waals surface area contributed by atoms with Gasteiger partial charge in [0.1, 0.15) is 0 Å². The molecule has 0 aromatic heterocycles. The minimum absolute atomic E-state index is 0.0354. The van der Waals surface area contributed by atoms with Crippen LogP contribution in [0.2, 0.25) is 0 Å². The number of carbonyl (C=O) groups is 1. The Kier molecular flexibility index (Phi) is 5.61. The summed E-state index contributed by atoms with van der Waals surface area (Å²) >= 11 is 0. The SMILES string of the molecule is CC(C)Nc1ccc(S(=O)(=O)NC[C@@H]2CCCO2)cc1C(=O)O. The highest BCUT2D eigenvalue weighted by Crippen LogP contribution is 2.22. The van der Waals surface area contributed by atoms with Gasteiger partial charge in [-0.25, -0.2) is 17.9 Å². The zero-order valence-corrected chi connectivity index (χ0v) is 14.0. The van der Waals surface area contributed by atoms with Crippen molar-refractivity contribution in [3.05, 3.63) is 23.8 Å². The Bertz CT molecular complexity index is 666. The van der Waals surface area contributed by atoms with E-state index in [2.05, 4.69) is 10.0 Å². The lowest BCUT2D eigenvalue weighted by Gasteiger charge is -2.15. The van der Waals surface area contributed by atoms with Crippen molar-refractivity contribution in [3.8, 4) is 0 Å². The van der Waals surface area contributed by atoms with Crippen molar-refractivity contribution in [1.82, 2.24) is 4.72 Å². The van der Waals surface area contributed by atoms with Gasteiger partial charge in [-0.1, -0.05) is 0 Å². The Labute approximate surface area is 136 Å². The summed E-state index contributed by atoms with van der Waals surface area (Å²) < 4.78 is 32.5. The van der Waals surface area contributed by atoms with Crippen molar-refractivity contribution in [2.45, 2.75) is 43.7 Å². The fourth-order valence-electron chi connectivity index (χ4n) is 2.40. The molecule has 1 heterocycles. The predicted molar refractivity (Wildman–Crippen MR) is 86.3 cm³/mol. The third kappa shape index (κ3) is 4.66. The van der Waals surface area contributed by atoms with Crippen LogP contribution in [-0.2, 0) is 14.8 Å². The second kappa shape index (κ2) is 7.29. The first-order chi connectivity index (χ1) is 10.8. The summed E-state index contributed by atoms with van der Waals surface area (Å²) in [5.41, 5.74) is 0.323. The van der Waals surface area contributed by atoms with Crippen molar-refractivity contribution in [1.29, 1.82) is 0 Å². The number of carboxylic acid groups (broad SMARTS) is 1. The Morgan fingerprint density at radius 3 is 2.74 bits per heavy atom. The van der Waals surface area contributed by atoms with E-state index in [0.717, 1.165) is 12.8 Å². The first-order valence-electron chi connectivity index (χ1n) is 7.55. The molecule has 23 heavy (non-hydrogen) atoms. The fraction of sp³-hybridized carbons (Fsp3) is 0.533. The molecule has 0 radical (unpaired) electrons. The predicted octanol–water partition coefficient (Wildman–Crippen LogP) is 1.66. The van der Waals surface area contributed by atoms with Gasteiger partial charge in [-0.3, -0.25) is 0 Å². The van der Waals surface area contributed by atoms with E-state index in [-0.39, 0.29) is 29.1 Å². The molecule has 8 heteroatoms. The van der Waals surface area contributed by atoms with E-state index in [1.54, 1.807) is 0 Å². The molecule has 0 unspecified atom stereocenters. The van der Waals surface area contributed by atoms with E-state index in [9.17, 15) is 18.3 Å². The minimum atomic E-state index is -3.77. The molecule has 7 nitrogen and oxygen atoms in total. The molecule has 3 N–H and O–H groups in total. The normalized spacial score (nSPS) is 18.3. The molecule has 0 spiro atoms. The summed E-state index contributed by atoms with van der Waals surface area (Å²) in [6, 6.07) is 4.08. The van der Waals surface area contributed by atoms with Gasteiger partial charge in [0.2, 0.25) is 10.0 Å². The summed E-state index contributed by atoms with van der Waals surface area (Å²) in [7, 11) is -3.77. The van der Waals surface area contributed by atoms with E-state index in [1.807, 2.05) is 13.8 Å². The van der Waals surface area contributed by atoms with E-state index in [0.29, 0.717) is 12.3 Å². The molecule has 0 bridgehead atoms. The van der Waals surface area contributed by atoms with Gasteiger partial charge in [0, 0.05) is 24.9 Å². The van der Waals surface area contributed by atoms with Crippen LogP contribution in [0.1, 0.15) is 37.0 Å². The van der Waals surface area contributed by atoms with Gasteiger partial charge < -0.3 is 15.2 Å². The van der Waals surface area contributed by atoms with E-state index in [1.165, 1.54) is 18.2 Å². The number of carboxylic acids is 1. The number of nitrogens with one attached hydrogen (secondary N) is 2. The third-order valence-electron chi connectivity index (χ3n) is 3.50. The maximum absolute atomic E-state index is 12.3. The van der Waals surface area contributed by atoms with Crippen LogP contribution < -0.4 is 10.0 Å². The molecule has 1 aromatic rings. The molecule has 128 valence electrons. The molecule has 1 aliphatic heterocycles. The number of hydrogen-bond acceptors (Lipinski definition) is 5. The first-order valence-corrected chi connectivity index (χ1v) is 9.03.